The quantitative estimate of drug-likeness (QED) is 0.677. The summed E-state index contributed by atoms with van der Waals surface area (Å²) >= 11 is 0. The normalized spacial score (nSPS) is 23.9. The molecule has 0 aliphatic heterocycles. The van der Waals surface area contributed by atoms with E-state index in [1.54, 1.807) is 0 Å². The number of nitrogens with zero attached hydrogens (tertiary/aromatic N) is 2. The smallest absolute Gasteiger partial charge is 0.328 e. The number of rotatable bonds is 7. The van der Waals surface area contributed by atoms with Gasteiger partial charge in [-0.25, -0.2) is 19.4 Å². The molecular formula is C18H28N4O4. The molecule has 1 aliphatic rings. The van der Waals surface area contributed by atoms with Crippen LogP contribution in [0.5, 0.6) is 0 Å². The third kappa shape index (κ3) is 5.72. The molecule has 0 saturated heterocycles. The van der Waals surface area contributed by atoms with Gasteiger partial charge in [0.2, 0.25) is 12.8 Å². The van der Waals surface area contributed by atoms with E-state index in [-0.39, 0.29) is 16.9 Å². The number of urea groups is 2. The molecule has 0 aromatic rings. The van der Waals surface area contributed by atoms with E-state index < -0.39 is 12.1 Å². The lowest BCUT2D eigenvalue weighted by Gasteiger charge is -2.47. The van der Waals surface area contributed by atoms with Crippen LogP contribution in [-0.4, -0.2) is 47.3 Å². The minimum Gasteiger partial charge on any atom is -0.337 e. The largest absolute Gasteiger partial charge is 0.337 e. The van der Waals surface area contributed by atoms with Crippen molar-refractivity contribution in [3.8, 4) is 0 Å². The minimum atomic E-state index is -0.543. The first-order valence-corrected chi connectivity index (χ1v) is 8.40. The lowest BCUT2D eigenvalue weighted by atomic mass is 9.62. The van der Waals surface area contributed by atoms with Crippen molar-refractivity contribution in [2.45, 2.75) is 46.1 Å². The van der Waals surface area contributed by atoms with Gasteiger partial charge in [0.25, 0.3) is 0 Å². The summed E-state index contributed by atoms with van der Waals surface area (Å²) in [5, 5.41) is 5.59. The van der Waals surface area contributed by atoms with Crippen LogP contribution < -0.4 is 10.6 Å². The van der Waals surface area contributed by atoms with E-state index in [9.17, 15) is 19.2 Å². The van der Waals surface area contributed by atoms with Gasteiger partial charge in [-0.2, -0.15) is 0 Å². The second kappa shape index (κ2) is 8.64. The molecule has 0 spiro atoms. The number of hydrogen-bond donors (Lipinski definition) is 2. The van der Waals surface area contributed by atoms with Gasteiger partial charge in [0, 0.05) is 25.0 Å². The van der Waals surface area contributed by atoms with Gasteiger partial charge in [-0.05, 0) is 30.1 Å². The molecule has 144 valence electrons. The van der Waals surface area contributed by atoms with Crippen molar-refractivity contribution in [2.24, 2.45) is 10.8 Å². The highest BCUT2D eigenvalue weighted by molar-refractivity contribution is 5.86. The fourth-order valence-electron chi connectivity index (χ4n) is 3.85. The highest BCUT2D eigenvalue weighted by Crippen LogP contribution is 2.45. The number of carbonyl (C=O) groups is 4. The Balaban J connectivity index is 2.81. The molecular weight excluding hydrogens is 336 g/mol. The summed E-state index contributed by atoms with van der Waals surface area (Å²) in [6, 6.07) is -1.22. The molecule has 1 aliphatic carbocycles. The highest BCUT2D eigenvalue weighted by Gasteiger charge is 2.42. The Labute approximate surface area is 154 Å². The van der Waals surface area contributed by atoms with Gasteiger partial charge in [-0.15, -0.1) is 0 Å². The lowest BCUT2D eigenvalue weighted by molar-refractivity contribution is -0.114. The number of amides is 6. The third-order valence-electron chi connectivity index (χ3n) is 4.53. The van der Waals surface area contributed by atoms with E-state index in [1.165, 1.54) is 0 Å². The zero-order chi connectivity index (χ0) is 20.0. The highest BCUT2D eigenvalue weighted by atomic mass is 16.2. The molecule has 8 heteroatoms. The first kappa shape index (κ1) is 21.4. The van der Waals surface area contributed by atoms with Crippen LogP contribution >= 0.6 is 0 Å². The average Bonchev–Trinajstić information content (AvgIpc) is 2.53. The molecule has 1 rings (SSSR count). The van der Waals surface area contributed by atoms with Crippen molar-refractivity contribution in [3.63, 3.8) is 0 Å². The molecule has 0 bridgehead atoms. The summed E-state index contributed by atoms with van der Waals surface area (Å²) in [5.41, 5.74) is -0.357. The van der Waals surface area contributed by atoms with Crippen molar-refractivity contribution < 1.29 is 19.2 Å². The minimum absolute atomic E-state index is 0.0708. The molecule has 0 radical (unpaired) electrons. The Hall–Kier alpha value is -2.64. The second-order valence-corrected chi connectivity index (χ2v) is 7.76. The number of hydrogen-bond acceptors (Lipinski definition) is 4. The summed E-state index contributed by atoms with van der Waals surface area (Å²) in [5.74, 6) is 0. The summed E-state index contributed by atoms with van der Waals surface area (Å²) in [7, 11) is 0. The van der Waals surface area contributed by atoms with Gasteiger partial charge in [-0.1, -0.05) is 33.9 Å². The summed E-state index contributed by atoms with van der Waals surface area (Å²) in [6.45, 7) is 13.4. The third-order valence-corrected chi connectivity index (χ3v) is 4.53. The van der Waals surface area contributed by atoms with E-state index in [1.807, 2.05) is 6.92 Å². The molecule has 0 aromatic carbocycles. The van der Waals surface area contributed by atoms with Gasteiger partial charge >= 0.3 is 12.1 Å². The summed E-state index contributed by atoms with van der Waals surface area (Å²) in [6.07, 6.45) is 5.29. The van der Waals surface area contributed by atoms with Crippen LogP contribution in [0.3, 0.4) is 0 Å². The van der Waals surface area contributed by atoms with Crippen molar-refractivity contribution in [2.75, 3.05) is 6.54 Å². The number of imide groups is 2. The molecule has 26 heavy (non-hydrogen) atoms. The van der Waals surface area contributed by atoms with E-state index >= 15 is 0 Å². The average molecular weight is 364 g/mol. The Morgan fingerprint density at radius 1 is 1.04 bits per heavy atom. The van der Waals surface area contributed by atoms with Crippen molar-refractivity contribution in [1.82, 2.24) is 20.4 Å². The molecule has 1 fully saturated rings. The van der Waals surface area contributed by atoms with Crippen LogP contribution in [0.15, 0.2) is 25.6 Å². The van der Waals surface area contributed by atoms with Crippen LogP contribution in [0.2, 0.25) is 0 Å². The lowest BCUT2D eigenvalue weighted by Crippen LogP contribution is -2.52. The molecule has 2 atom stereocenters. The number of carbonyl (C=O) groups excluding carboxylic acids is 4. The molecule has 6 amide bonds. The molecule has 0 aromatic heterocycles. The van der Waals surface area contributed by atoms with Crippen LogP contribution in [0.1, 0.15) is 40.0 Å². The Bertz CT molecular complexity index is 574. The summed E-state index contributed by atoms with van der Waals surface area (Å²) in [4.78, 5) is 47.5. The molecule has 1 saturated carbocycles. The molecule has 8 nitrogen and oxygen atoms in total. The van der Waals surface area contributed by atoms with Crippen molar-refractivity contribution in [1.29, 1.82) is 0 Å². The Kier molecular flexibility index (Phi) is 7.11. The fraction of sp³-hybridized carbons (Fsp3) is 0.556. The van der Waals surface area contributed by atoms with Crippen molar-refractivity contribution in [3.05, 3.63) is 25.6 Å². The topological polar surface area (TPSA) is 98.8 Å². The van der Waals surface area contributed by atoms with Crippen LogP contribution in [0.4, 0.5) is 9.59 Å². The molecule has 0 heterocycles. The van der Waals surface area contributed by atoms with E-state index in [2.05, 4.69) is 37.6 Å². The Morgan fingerprint density at radius 2 is 1.58 bits per heavy atom. The van der Waals surface area contributed by atoms with Gasteiger partial charge in [0.05, 0.1) is 0 Å². The van der Waals surface area contributed by atoms with Crippen LogP contribution in [0, 0.1) is 10.8 Å². The predicted molar refractivity (Wildman–Crippen MR) is 97.7 cm³/mol. The predicted octanol–water partition coefficient (Wildman–Crippen LogP) is 2.19. The van der Waals surface area contributed by atoms with Gasteiger partial charge < -0.3 is 10.6 Å². The SMILES string of the molecule is C=CN(C=O)C(=O)NCC1(C)CC(NC(=O)N(C=C)C=O)CC(C)(C)C1. The maximum Gasteiger partial charge on any atom is 0.328 e. The molecule has 2 N–H and O–H groups in total. The second-order valence-electron chi connectivity index (χ2n) is 7.76. The summed E-state index contributed by atoms with van der Waals surface area (Å²) < 4.78 is 0. The number of nitrogens with one attached hydrogen (secondary N) is 2. The maximum atomic E-state index is 12.1. The zero-order valence-corrected chi connectivity index (χ0v) is 15.7. The van der Waals surface area contributed by atoms with Crippen LogP contribution in [-0.2, 0) is 9.59 Å². The Morgan fingerprint density at radius 3 is 2.08 bits per heavy atom. The maximum absolute atomic E-state index is 12.1. The van der Waals surface area contributed by atoms with Gasteiger partial charge in [0.15, 0.2) is 0 Å². The monoisotopic (exact) mass is 364 g/mol. The fourth-order valence-corrected chi connectivity index (χ4v) is 3.85. The van der Waals surface area contributed by atoms with Gasteiger partial charge in [0.1, 0.15) is 0 Å². The molecule has 2 unspecified atom stereocenters. The standard InChI is InChI=1S/C18H28N4O4/c1-6-21(12-23)15(25)19-11-18(5)9-14(8-17(3,4)10-18)20-16(26)22(7-2)13-24/h6-7,12-14H,1-2,8-11H2,3-5H3,(H,19,25)(H,20,26). The zero-order valence-electron chi connectivity index (χ0n) is 15.7. The van der Waals surface area contributed by atoms with Crippen LogP contribution in [0.25, 0.3) is 0 Å². The van der Waals surface area contributed by atoms with E-state index in [0.717, 1.165) is 35.0 Å². The van der Waals surface area contributed by atoms with Gasteiger partial charge in [-0.3, -0.25) is 9.59 Å². The first-order chi connectivity index (χ1) is 12.1. The van der Waals surface area contributed by atoms with Crippen molar-refractivity contribution >= 4 is 24.9 Å². The van der Waals surface area contributed by atoms with E-state index in [4.69, 9.17) is 0 Å². The van der Waals surface area contributed by atoms with E-state index in [0.29, 0.717) is 25.8 Å². The first-order valence-electron chi connectivity index (χ1n) is 8.40.